The number of nitriles is 2. The zero-order valence-corrected chi connectivity index (χ0v) is 18.8. The molecule has 0 fully saturated rings. The monoisotopic (exact) mass is 486 g/mol. The van der Waals surface area contributed by atoms with Gasteiger partial charge in [0, 0.05) is 24.0 Å². The molecule has 0 saturated heterocycles. The first kappa shape index (κ1) is 22.8. The summed E-state index contributed by atoms with van der Waals surface area (Å²) in [5.41, 5.74) is 0.416. The normalized spacial score (nSPS) is 10.8. The minimum atomic E-state index is -0.640. The Hall–Kier alpha value is -6.01. The second kappa shape index (κ2) is 9.69. The van der Waals surface area contributed by atoms with Gasteiger partial charge in [-0.15, -0.1) is 10.2 Å². The van der Waals surface area contributed by atoms with Gasteiger partial charge < -0.3 is 10.4 Å². The molecular formula is C25H14N10O2. The van der Waals surface area contributed by atoms with E-state index in [-0.39, 0.29) is 28.5 Å². The van der Waals surface area contributed by atoms with Gasteiger partial charge in [-0.2, -0.15) is 20.3 Å². The second-order valence-corrected chi connectivity index (χ2v) is 7.51. The first-order valence-electron chi connectivity index (χ1n) is 10.7. The van der Waals surface area contributed by atoms with Crippen molar-refractivity contribution < 1.29 is 9.90 Å². The molecule has 0 atom stereocenters. The quantitative estimate of drug-likeness (QED) is 0.345. The largest absolute Gasteiger partial charge is 0.505 e. The minimum absolute atomic E-state index is 0.0202. The van der Waals surface area contributed by atoms with E-state index < -0.39 is 11.7 Å². The van der Waals surface area contributed by atoms with E-state index in [1.165, 1.54) is 53.9 Å². The van der Waals surface area contributed by atoms with Crippen molar-refractivity contribution in [2.45, 2.75) is 0 Å². The van der Waals surface area contributed by atoms with Crippen LogP contribution in [0, 0.1) is 22.7 Å². The van der Waals surface area contributed by atoms with Crippen LogP contribution >= 0.6 is 0 Å². The van der Waals surface area contributed by atoms with Gasteiger partial charge >= 0.3 is 0 Å². The van der Waals surface area contributed by atoms with E-state index in [9.17, 15) is 15.2 Å². The number of carbonyl (C=O) groups is 1. The van der Waals surface area contributed by atoms with Crippen LogP contribution in [0.2, 0.25) is 0 Å². The Morgan fingerprint density at radius 3 is 2.59 bits per heavy atom. The number of hydrogen-bond donors (Lipinski definition) is 2. The highest BCUT2D eigenvalue weighted by Crippen LogP contribution is 2.40. The number of benzene rings is 2. The molecule has 0 saturated carbocycles. The number of anilines is 1. The summed E-state index contributed by atoms with van der Waals surface area (Å²) in [5, 5.41) is 45.8. The number of nitrogens with zero attached hydrogens (tertiary/aromatic N) is 9. The average molecular weight is 486 g/mol. The molecule has 3 aromatic heterocycles. The molecule has 0 unspecified atom stereocenters. The number of aromatic hydroxyl groups is 1. The van der Waals surface area contributed by atoms with Gasteiger partial charge in [-0.1, -0.05) is 24.3 Å². The number of carbonyl (C=O) groups excluding carboxylic acids is 1. The van der Waals surface area contributed by atoms with Crippen molar-refractivity contribution in [3.8, 4) is 23.7 Å². The molecule has 2 N–H and O–H groups in total. The summed E-state index contributed by atoms with van der Waals surface area (Å²) in [7, 11) is 0. The van der Waals surface area contributed by atoms with Gasteiger partial charge in [-0.25, -0.2) is 9.97 Å². The third-order valence-corrected chi connectivity index (χ3v) is 5.25. The van der Waals surface area contributed by atoms with Crippen molar-refractivity contribution in [2.75, 3.05) is 5.32 Å². The van der Waals surface area contributed by atoms with Crippen LogP contribution in [0.1, 0.15) is 21.5 Å². The summed E-state index contributed by atoms with van der Waals surface area (Å²) in [6, 6.07) is 15.5. The van der Waals surface area contributed by atoms with Gasteiger partial charge in [0.15, 0.2) is 17.4 Å². The van der Waals surface area contributed by atoms with Crippen molar-refractivity contribution in [2.24, 2.45) is 10.2 Å². The summed E-state index contributed by atoms with van der Waals surface area (Å²) < 4.78 is 1.29. The maximum atomic E-state index is 13.0. The van der Waals surface area contributed by atoms with E-state index in [1.807, 2.05) is 12.1 Å². The van der Waals surface area contributed by atoms with Gasteiger partial charge in [0.05, 0.1) is 23.5 Å². The van der Waals surface area contributed by atoms with E-state index in [1.54, 1.807) is 24.3 Å². The molecular weight excluding hydrogens is 472 g/mol. The number of amides is 1. The number of phenols is 1. The van der Waals surface area contributed by atoms with E-state index in [0.717, 1.165) is 0 Å². The molecule has 2 aromatic carbocycles. The van der Waals surface area contributed by atoms with Crippen LogP contribution in [0.5, 0.6) is 5.75 Å². The van der Waals surface area contributed by atoms with Gasteiger partial charge in [-0.05, 0) is 23.6 Å². The maximum Gasteiger partial charge on any atom is 0.260 e. The Bertz CT molecular complexity index is 1750. The fraction of sp³-hybridized carbons (Fsp3) is 0. The van der Waals surface area contributed by atoms with Crippen LogP contribution in [0.4, 0.5) is 17.3 Å². The van der Waals surface area contributed by atoms with Gasteiger partial charge in [0.1, 0.15) is 29.2 Å². The summed E-state index contributed by atoms with van der Waals surface area (Å²) in [6.07, 6.45) is 7.04. The van der Waals surface area contributed by atoms with E-state index in [0.29, 0.717) is 22.2 Å². The summed E-state index contributed by atoms with van der Waals surface area (Å²) >= 11 is 0. The summed E-state index contributed by atoms with van der Waals surface area (Å²) in [4.78, 5) is 25.2. The van der Waals surface area contributed by atoms with E-state index in [2.05, 4.69) is 35.6 Å². The minimum Gasteiger partial charge on any atom is -0.505 e. The standard InChI is InChI=1S/C25H14N10O2/c26-10-15-5-6-20(30-12-15)32-25(37)19-9-16-3-1-2-4-18(16)22(23(19)36)33-34-24-17(11-27)13-31-35(24)21-14-28-7-8-29-21/h1-9,12-14,36H,(H,30,32,37)/b34-33+. The average Bonchev–Trinajstić information content (AvgIpc) is 3.36. The van der Waals surface area contributed by atoms with Crippen LogP contribution in [0.15, 0.2) is 83.7 Å². The molecule has 12 nitrogen and oxygen atoms in total. The Morgan fingerprint density at radius 2 is 1.86 bits per heavy atom. The lowest BCUT2D eigenvalue weighted by Gasteiger charge is -2.11. The summed E-state index contributed by atoms with van der Waals surface area (Å²) in [5.74, 6) is -0.471. The number of fused-ring (bicyclic) bond motifs is 1. The smallest absolute Gasteiger partial charge is 0.260 e. The number of rotatable bonds is 5. The van der Waals surface area contributed by atoms with Crippen LogP contribution in [-0.2, 0) is 0 Å². The lowest BCUT2D eigenvalue weighted by atomic mass is 10.0. The molecule has 0 bridgehead atoms. The third-order valence-electron chi connectivity index (χ3n) is 5.25. The molecule has 1 amide bonds. The number of hydrogen-bond acceptors (Lipinski definition) is 10. The number of aromatic nitrogens is 5. The molecule has 3 heterocycles. The van der Waals surface area contributed by atoms with E-state index in [4.69, 9.17) is 5.26 Å². The molecule has 176 valence electrons. The SMILES string of the molecule is N#Cc1ccc(NC(=O)c2cc3ccccc3c(/N=N/c3c(C#N)cnn3-c3cnccn3)c2O)nc1. The van der Waals surface area contributed by atoms with Gasteiger partial charge in [0.25, 0.3) is 5.91 Å². The second-order valence-electron chi connectivity index (χ2n) is 7.51. The molecule has 0 spiro atoms. The lowest BCUT2D eigenvalue weighted by molar-refractivity contribution is 0.102. The van der Waals surface area contributed by atoms with Crippen molar-refractivity contribution in [3.05, 3.63) is 90.1 Å². The first-order chi connectivity index (χ1) is 18.1. The molecule has 0 radical (unpaired) electrons. The molecule has 5 aromatic rings. The predicted molar refractivity (Wildman–Crippen MR) is 131 cm³/mol. The molecule has 12 heteroatoms. The number of phenolic OH excluding ortho intramolecular Hbond substituents is 1. The fourth-order valence-electron chi connectivity index (χ4n) is 3.49. The zero-order valence-electron chi connectivity index (χ0n) is 18.8. The van der Waals surface area contributed by atoms with Crippen LogP contribution in [0.3, 0.4) is 0 Å². The Labute approximate surface area is 208 Å². The number of azo groups is 1. The first-order valence-corrected chi connectivity index (χ1v) is 10.7. The highest BCUT2D eigenvalue weighted by Gasteiger charge is 2.20. The maximum absolute atomic E-state index is 13.0. The molecule has 0 aliphatic heterocycles. The highest BCUT2D eigenvalue weighted by molar-refractivity contribution is 6.11. The third kappa shape index (κ3) is 4.41. The Balaban J connectivity index is 1.58. The predicted octanol–water partition coefficient (Wildman–Crippen LogP) is 4.33. The van der Waals surface area contributed by atoms with E-state index >= 15 is 0 Å². The van der Waals surface area contributed by atoms with Crippen molar-refractivity contribution in [1.29, 1.82) is 10.5 Å². The molecule has 37 heavy (non-hydrogen) atoms. The van der Waals surface area contributed by atoms with Crippen molar-refractivity contribution in [3.63, 3.8) is 0 Å². The molecule has 0 aliphatic rings. The zero-order chi connectivity index (χ0) is 25.8. The van der Waals surface area contributed by atoms with Gasteiger partial charge in [0.2, 0.25) is 0 Å². The van der Waals surface area contributed by atoms with Crippen molar-refractivity contribution in [1.82, 2.24) is 24.7 Å². The number of nitrogens with one attached hydrogen (secondary N) is 1. The Morgan fingerprint density at radius 1 is 1.00 bits per heavy atom. The highest BCUT2D eigenvalue weighted by atomic mass is 16.3. The summed E-state index contributed by atoms with van der Waals surface area (Å²) in [6.45, 7) is 0. The molecule has 0 aliphatic carbocycles. The Kier molecular flexibility index (Phi) is 5.96. The van der Waals surface area contributed by atoms with Gasteiger partial charge in [-0.3, -0.25) is 9.78 Å². The van der Waals surface area contributed by atoms with Crippen LogP contribution in [-0.4, -0.2) is 35.7 Å². The lowest BCUT2D eigenvalue weighted by Crippen LogP contribution is -2.13. The van der Waals surface area contributed by atoms with Crippen LogP contribution < -0.4 is 5.32 Å². The number of pyridine rings is 1. The topological polar surface area (TPSA) is 178 Å². The molecule has 5 rings (SSSR count). The van der Waals surface area contributed by atoms with Crippen LogP contribution in [0.25, 0.3) is 16.6 Å². The fourth-order valence-corrected chi connectivity index (χ4v) is 3.49. The van der Waals surface area contributed by atoms with Crippen molar-refractivity contribution >= 4 is 34.0 Å².